The molecule has 0 atom stereocenters. The molecule has 0 spiro atoms. The Bertz CT molecular complexity index is 454. The Morgan fingerprint density at radius 3 is 2.11 bits per heavy atom. The van der Waals surface area contributed by atoms with Gasteiger partial charge < -0.3 is 4.74 Å². The van der Waals surface area contributed by atoms with E-state index in [0.717, 1.165) is 5.69 Å². The Balaban J connectivity index is 3.32. The highest BCUT2D eigenvalue weighted by Gasteiger charge is 2.31. The second-order valence-electron chi connectivity index (χ2n) is 5.24. The van der Waals surface area contributed by atoms with Gasteiger partial charge in [-0.1, -0.05) is 45.9 Å². The van der Waals surface area contributed by atoms with Gasteiger partial charge in [0.1, 0.15) is 0 Å². The molecule has 0 radical (unpaired) electrons. The smallest absolute Gasteiger partial charge is 0.311 e. The van der Waals surface area contributed by atoms with Crippen molar-refractivity contribution in [3.05, 3.63) is 30.3 Å². The summed E-state index contributed by atoms with van der Waals surface area (Å²) < 4.78 is 9.86. The van der Waals surface area contributed by atoms with Gasteiger partial charge in [-0.25, -0.2) is 0 Å². The minimum absolute atomic E-state index is 0.157. The number of hydrogen-bond acceptors (Lipinski definition) is 3. The molecular weight excluding hydrogens is 257 g/mol. The van der Waals surface area contributed by atoms with Crippen LogP contribution < -0.4 is 0 Å². The number of benzene rings is 1. The van der Waals surface area contributed by atoms with E-state index < -0.39 is 7.05 Å². The number of hydrogen-bond donors (Lipinski definition) is 0. The maximum Gasteiger partial charge on any atom is 0.311 e. The first-order chi connectivity index (χ1) is 8.92. The highest BCUT2D eigenvalue weighted by atomic mass is 31.2. The van der Waals surface area contributed by atoms with E-state index in [0.29, 0.717) is 17.5 Å². The number of esters is 1. The lowest BCUT2D eigenvalue weighted by Crippen LogP contribution is -2.18. The molecule has 3 nitrogen and oxygen atoms in total. The van der Waals surface area contributed by atoms with E-state index in [9.17, 15) is 4.79 Å². The van der Waals surface area contributed by atoms with Gasteiger partial charge in [0.15, 0.2) is 0 Å². The zero-order valence-electron chi connectivity index (χ0n) is 12.5. The van der Waals surface area contributed by atoms with Gasteiger partial charge in [-0.3, -0.25) is 9.54 Å². The summed E-state index contributed by atoms with van der Waals surface area (Å²) in [7, 11) is -0.340. The number of rotatable bonds is 5. The van der Waals surface area contributed by atoms with Crippen molar-refractivity contribution in [2.75, 3.05) is 13.3 Å². The van der Waals surface area contributed by atoms with Crippen LogP contribution in [0.4, 0.5) is 5.69 Å². The van der Waals surface area contributed by atoms with Gasteiger partial charge in [-0.05, 0) is 30.5 Å². The first-order valence-corrected chi connectivity index (χ1v) is 8.71. The lowest BCUT2D eigenvalue weighted by atomic mass is 10.3. The van der Waals surface area contributed by atoms with Crippen LogP contribution in [-0.2, 0) is 9.53 Å². The Labute approximate surface area is 116 Å². The summed E-state index contributed by atoms with van der Waals surface area (Å²) in [6, 6.07) is 9.93. The predicted molar refractivity (Wildman–Crippen MR) is 82.6 cm³/mol. The van der Waals surface area contributed by atoms with Crippen LogP contribution in [0.1, 0.15) is 27.7 Å². The van der Waals surface area contributed by atoms with Crippen molar-refractivity contribution < 1.29 is 9.53 Å². The van der Waals surface area contributed by atoms with Crippen molar-refractivity contribution in [3.8, 4) is 0 Å². The number of carbonyl (C=O) groups excluding carboxylic acids is 1. The predicted octanol–water partition coefficient (Wildman–Crippen LogP) is 4.51. The molecule has 1 aromatic rings. The fourth-order valence-electron chi connectivity index (χ4n) is 2.21. The van der Waals surface area contributed by atoms with E-state index in [1.165, 1.54) is 7.11 Å². The van der Waals surface area contributed by atoms with Crippen LogP contribution in [0.5, 0.6) is 0 Å². The summed E-state index contributed by atoms with van der Waals surface area (Å²) in [4.78, 5) is 11.8. The quantitative estimate of drug-likeness (QED) is 0.588. The molecule has 0 bridgehead atoms. The maximum atomic E-state index is 11.8. The molecule has 106 valence electrons. The molecule has 0 aliphatic heterocycles. The Morgan fingerprint density at radius 1 is 1.16 bits per heavy atom. The fourth-order valence-corrected chi connectivity index (χ4v) is 5.77. The number of ether oxygens (including phenoxy) is 1. The molecule has 0 aliphatic carbocycles. The average Bonchev–Trinajstić information content (AvgIpc) is 2.38. The average molecular weight is 281 g/mol. The molecule has 4 heteroatoms. The lowest BCUT2D eigenvalue weighted by Gasteiger charge is -2.31. The molecule has 0 aromatic heterocycles. The summed E-state index contributed by atoms with van der Waals surface area (Å²) in [5, 5.41) is 0. The second kappa shape index (κ2) is 6.91. The van der Waals surface area contributed by atoms with Crippen molar-refractivity contribution in [1.82, 2.24) is 0 Å². The summed E-state index contributed by atoms with van der Waals surface area (Å²) in [5.74, 6) is -0.157. The number of nitrogens with zero attached hydrogens (tertiary/aromatic N) is 1. The van der Waals surface area contributed by atoms with Crippen LogP contribution >= 0.6 is 7.05 Å². The van der Waals surface area contributed by atoms with Gasteiger partial charge in [0.05, 0.1) is 19.0 Å². The van der Waals surface area contributed by atoms with Crippen molar-refractivity contribution >= 4 is 18.7 Å². The first-order valence-electron chi connectivity index (χ1n) is 6.65. The van der Waals surface area contributed by atoms with E-state index >= 15 is 0 Å². The third kappa shape index (κ3) is 3.94. The van der Waals surface area contributed by atoms with E-state index in [1.807, 2.05) is 30.3 Å². The molecule has 0 fully saturated rings. The van der Waals surface area contributed by atoms with Gasteiger partial charge in [-0.15, -0.1) is 0 Å². The molecule has 1 aromatic carbocycles. The van der Waals surface area contributed by atoms with Crippen LogP contribution in [0, 0.1) is 0 Å². The highest BCUT2D eigenvalue weighted by Crippen LogP contribution is 2.60. The molecule has 0 unspecified atom stereocenters. The summed E-state index contributed by atoms with van der Waals surface area (Å²) >= 11 is 0. The van der Waals surface area contributed by atoms with Crippen LogP contribution in [0.25, 0.3) is 0 Å². The Kier molecular flexibility index (Phi) is 5.81. The van der Waals surface area contributed by atoms with Crippen molar-refractivity contribution in [2.45, 2.75) is 39.0 Å². The first kappa shape index (κ1) is 16.0. The molecule has 0 saturated heterocycles. The van der Waals surface area contributed by atoms with E-state index in [2.05, 4.69) is 27.7 Å². The third-order valence-corrected chi connectivity index (χ3v) is 8.40. The minimum Gasteiger partial charge on any atom is -0.469 e. The van der Waals surface area contributed by atoms with E-state index in [-0.39, 0.29) is 5.97 Å². The molecule has 19 heavy (non-hydrogen) atoms. The summed E-state index contributed by atoms with van der Waals surface area (Å²) in [6.45, 7) is 8.62. The largest absolute Gasteiger partial charge is 0.469 e. The van der Waals surface area contributed by atoms with Crippen molar-refractivity contribution in [3.63, 3.8) is 0 Å². The molecule has 0 amide bonds. The third-order valence-electron chi connectivity index (χ3n) is 3.46. The monoisotopic (exact) mass is 281 g/mol. The van der Waals surface area contributed by atoms with Crippen LogP contribution in [-0.4, -0.2) is 30.6 Å². The highest BCUT2D eigenvalue weighted by molar-refractivity contribution is 7.68. The zero-order chi connectivity index (χ0) is 14.5. The second-order valence-corrected chi connectivity index (χ2v) is 9.60. The number of carbonyl (C=O) groups is 1. The molecular formula is C15H24NO2P. The molecule has 0 heterocycles. The normalized spacial score (nSPS) is 11.7. The standard InChI is InChI=1S/C15H24NO2P/c1-12(2)19(13(3)4,11-15(17)18-5)16-14-9-7-6-8-10-14/h6-10,12-13H,11H2,1-5H3. The lowest BCUT2D eigenvalue weighted by molar-refractivity contribution is -0.137. The molecule has 0 N–H and O–H groups in total. The minimum atomic E-state index is -1.78. The van der Waals surface area contributed by atoms with Gasteiger partial charge in [0, 0.05) is 0 Å². The van der Waals surface area contributed by atoms with Crippen molar-refractivity contribution in [1.29, 1.82) is 0 Å². The topological polar surface area (TPSA) is 38.7 Å². The van der Waals surface area contributed by atoms with Gasteiger partial charge in [0.2, 0.25) is 0 Å². The van der Waals surface area contributed by atoms with Crippen LogP contribution in [0.2, 0.25) is 0 Å². The van der Waals surface area contributed by atoms with E-state index in [1.54, 1.807) is 0 Å². The molecule has 1 rings (SSSR count). The zero-order valence-corrected chi connectivity index (χ0v) is 13.4. The Hall–Kier alpha value is -1.08. The summed E-state index contributed by atoms with van der Waals surface area (Å²) in [5.41, 5.74) is 1.70. The Morgan fingerprint density at radius 2 is 1.68 bits per heavy atom. The van der Waals surface area contributed by atoms with Crippen LogP contribution in [0.15, 0.2) is 35.1 Å². The fraction of sp³-hybridized carbons (Fsp3) is 0.533. The maximum absolute atomic E-state index is 11.8. The summed E-state index contributed by atoms with van der Waals surface area (Å²) in [6.07, 6.45) is 0.424. The van der Waals surface area contributed by atoms with E-state index in [4.69, 9.17) is 9.48 Å². The molecule has 0 aliphatic rings. The van der Waals surface area contributed by atoms with Crippen LogP contribution in [0.3, 0.4) is 0 Å². The number of methoxy groups -OCH3 is 1. The van der Waals surface area contributed by atoms with Gasteiger partial charge >= 0.3 is 5.97 Å². The SMILES string of the molecule is COC(=O)CP(=Nc1ccccc1)(C(C)C)C(C)C. The van der Waals surface area contributed by atoms with Gasteiger partial charge in [0.25, 0.3) is 0 Å². The van der Waals surface area contributed by atoms with Gasteiger partial charge in [-0.2, -0.15) is 0 Å². The molecule has 0 saturated carbocycles. The van der Waals surface area contributed by atoms with Crippen molar-refractivity contribution in [2.24, 2.45) is 4.74 Å².